The van der Waals surface area contributed by atoms with Crippen LogP contribution in [0.2, 0.25) is 0 Å². The van der Waals surface area contributed by atoms with E-state index in [-0.39, 0.29) is 0 Å². The van der Waals surface area contributed by atoms with Gasteiger partial charge in [-0.3, -0.25) is 0 Å². The zero-order chi connectivity index (χ0) is 5.82. The van der Waals surface area contributed by atoms with Gasteiger partial charge in [-0.25, -0.2) is 0 Å². The molecule has 0 amide bonds. The first-order valence-electron chi connectivity index (χ1n) is 2.45. The molecule has 0 saturated heterocycles. The Morgan fingerprint density at radius 3 is 2.75 bits per heavy atom. The summed E-state index contributed by atoms with van der Waals surface area (Å²) in [6, 6.07) is 11.0. The van der Waals surface area contributed by atoms with Crippen molar-refractivity contribution >= 4 is 11.3 Å². The van der Waals surface area contributed by atoms with Crippen molar-refractivity contribution in [2.45, 2.75) is 0 Å². The first kappa shape index (κ1) is 6.56. The summed E-state index contributed by atoms with van der Waals surface area (Å²) in [6.45, 7) is 0. The fourth-order valence-electron chi connectivity index (χ4n) is 0.514. The van der Waals surface area contributed by atoms with Gasteiger partial charge < -0.3 is 0 Å². The summed E-state index contributed by atoms with van der Waals surface area (Å²) >= 11 is -1.12. The monoisotopic (exact) mass is 313 g/mol. The molecule has 0 atom stereocenters. The van der Waals surface area contributed by atoms with E-state index in [0.717, 1.165) is 0 Å². The standard InChI is InChI=1S/C6H4.ClH.Hg/c1-2-4-6-5-3-1;;/h1-4H;1H;/q;;+1/p-1. The third kappa shape index (κ3) is 1.75. The molecule has 0 spiro atoms. The second-order valence-corrected chi connectivity index (χ2v) is 7.87. The Morgan fingerprint density at radius 2 is 2.38 bits per heavy atom. The third-order valence-electron chi connectivity index (χ3n) is 0.917. The summed E-state index contributed by atoms with van der Waals surface area (Å²) in [5, 5.41) is 0. The molecule has 1 aromatic carbocycles. The van der Waals surface area contributed by atoms with Crippen molar-refractivity contribution in [3.05, 3.63) is 30.3 Å². The Hall–Kier alpha value is 0.445. The van der Waals surface area contributed by atoms with Crippen molar-refractivity contribution in [3.8, 4) is 0 Å². The van der Waals surface area contributed by atoms with Gasteiger partial charge in [0.2, 0.25) is 0 Å². The van der Waals surface area contributed by atoms with E-state index in [4.69, 9.17) is 8.25 Å². The molecule has 2 heteroatoms. The van der Waals surface area contributed by atoms with Gasteiger partial charge in [0, 0.05) is 0 Å². The number of hydrogen-bond donors (Lipinski definition) is 0. The zero-order valence-corrected chi connectivity index (χ0v) is 10.6. The van der Waals surface area contributed by atoms with E-state index in [0.29, 0.717) is 0 Å². The number of rotatable bonds is 1. The van der Waals surface area contributed by atoms with E-state index in [1.165, 1.54) is 3.07 Å². The fraction of sp³-hybridized carbons (Fsp3) is 0. The molecule has 0 fully saturated rings. The second kappa shape index (κ2) is 3.47. The minimum atomic E-state index is -1.12. The topological polar surface area (TPSA) is 0 Å². The quantitative estimate of drug-likeness (QED) is 0.687. The third-order valence-corrected chi connectivity index (χ3v) is 6.27. The molecule has 1 aromatic rings. The molecular weight excluding hydrogens is 308 g/mol. The van der Waals surface area contributed by atoms with Crippen molar-refractivity contribution in [2.75, 3.05) is 0 Å². The predicted octanol–water partition coefficient (Wildman–Crippen LogP) is 1.35. The second-order valence-electron chi connectivity index (χ2n) is 1.52. The molecular formula is C6H4ClHg. The summed E-state index contributed by atoms with van der Waals surface area (Å²) in [7, 11) is 5.72. The van der Waals surface area contributed by atoms with Crippen LogP contribution in [0.25, 0.3) is 0 Å². The molecule has 0 nitrogen and oxygen atoms in total. The Bertz CT molecular complexity index is 150. The van der Waals surface area contributed by atoms with E-state index < -0.39 is 23.3 Å². The maximum atomic E-state index is 5.72. The average molecular weight is 312 g/mol. The first-order valence-corrected chi connectivity index (χ1v) is 12.0. The van der Waals surface area contributed by atoms with Crippen LogP contribution in [0.15, 0.2) is 24.3 Å². The maximum absolute atomic E-state index is 5.72. The number of benzene rings is 1. The number of halogens is 1. The van der Waals surface area contributed by atoms with Gasteiger partial charge in [0.25, 0.3) is 0 Å². The average Bonchev–Trinajstić information content (AvgIpc) is 1.90. The predicted molar refractivity (Wildman–Crippen MR) is 30.8 cm³/mol. The summed E-state index contributed by atoms with van der Waals surface area (Å²) in [6.07, 6.45) is 0. The minimum absolute atomic E-state index is 1.12. The Kier molecular flexibility index (Phi) is 2.84. The normalized spacial score (nSPS) is 8.12. The van der Waals surface area contributed by atoms with Crippen LogP contribution in [-0.2, 0) is 23.3 Å². The van der Waals surface area contributed by atoms with Gasteiger partial charge in [-0.1, -0.05) is 0 Å². The molecule has 0 saturated carbocycles. The molecule has 1 radical (unpaired) electrons. The first-order chi connectivity index (χ1) is 3.93. The van der Waals surface area contributed by atoms with Crippen LogP contribution in [0.5, 0.6) is 0 Å². The van der Waals surface area contributed by atoms with Crippen molar-refractivity contribution in [3.63, 3.8) is 0 Å². The van der Waals surface area contributed by atoms with Crippen LogP contribution in [0.4, 0.5) is 0 Å². The van der Waals surface area contributed by atoms with Crippen molar-refractivity contribution in [1.29, 1.82) is 0 Å². The van der Waals surface area contributed by atoms with Gasteiger partial charge in [0.15, 0.2) is 0 Å². The van der Waals surface area contributed by atoms with Crippen LogP contribution in [0, 0.1) is 6.07 Å². The summed E-state index contributed by atoms with van der Waals surface area (Å²) < 4.78 is 1.27. The zero-order valence-electron chi connectivity index (χ0n) is 4.39. The number of hydrogen-bond acceptors (Lipinski definition) is 0. The van der Waals surface area contributed by atoms with Crippen LogP contribution in [-0.4, -0.2) is 0 Å². The molecule has 0 N–H and O–H groups in total. The van der Waals surface area contributed by atoms with E-state index in [1.54, 1.807) is 0 Å². The molecule has 0 heterocycles. The van der Waals surface area contributed by atoms with E-state index in [9.17, 15) is 0 Å². The molecule has 1 rings (SSSR count). The van der Waals surface area contributed by atoms with Crippen molar-refractivity contribution in [2.24, 2.45) is 0 Å². The SMILES string of the molecule is [Cl][Hg][c]1[c]cccc1. The Labute approximate surface area is 64.7 Å². The van der Waals surface area contributed by atoms with Crippen molar-refractivity contribution in [1.82, 2.24) is 0 Å². The van der Waals surface area contributed by atoms with Crippen LogP contribution < -0.4 is 3.07 Å². The molecule has 0 bridgehead atoms. The summed E-state index contributed by atoms with van der Waals surface area (Å²) in [4.78, 5) is 0. The molecule has 8 heavy (non-hydrogen) atoms. The van der Waals surface area contributed by atoms with Crippen molar-refractivity contribution < 1.29 is 23.3 Å². The summed E-state index contributed by atoms with van der Waals surface area (Å²) in [5.41, 5.74) is 0. The fourth-order valence-corrected chi connectivity index (χ4v) is 3.61. The van der Waals surface area contributed by atoms with E-state index >= 15 is 0 Å². The van der Waals surface area contributed by atoms with Crippen LogP contribution in [0.3, 0.4) is 0 Å². The van der Waals surface area contributed by atoms with Gasteiger partial charge >= 0.3 is 65.0 Å². The van der Waals surface area contributed by atoms with Gasteiger partial charge in [0.1, 0.15) is 0 Å². The van der Waals surface area contributed by atoms with Gasteiger partial charge in [0.05, 0.1) is 0 Å². The van der Waals surface area contributed by atoms with Crippen LogP contribution in [0.1, 0.15) is 0 Å². The molecule has 0 unspecified atom stereocenters. The molecule has 0 aliphatic heterocycles. The van der Waals surface area contributed by atoms with E-state index in [1.807, 2.05) is 18.2 Å². The molecule has 37 valence electrons. The molecule has 0 aromatic heterocycles. The molecule has 0 aliphatic carbocycles. The van der Waals surface area contributed by atoms with Crippen LogP contribution >= 0.6 is 8.25 Å². The van der Waals surface area contributed by atoms with Gasteiger partial charge in [-0.2, -0.15) is 0 Å². The van der Waals surface area contributed by atoms with E-state index in [2.05, 4.69) is 12.1 Å². The Morgan fingerprint density at radius 1 is 1.50 bits per heavy atom. The Balaban J connectivity index is 2.83. The van der Waals surface area contributed by atoms with Gasteiger partial charge in [-0.05, 0) is 0 Å². The van der Waals surface area contributed by atoms with Gasteiger partial charge in [-0.15, -0.1) is 0 Å². The summed E-state index contributed by atoms with van der Waals surface area (Å²) in [5.74, 6) is 0. The molecule has 0 aliphatic rings.